The third-order valence-corrected chi connectivity index (χ3v) is 3.86. The molecule has 22 heavy (non-hydrogen) atoms. The maximum absolute atomic E-state index is 5.95. The summed E-state index contributed by atoms with van der Waals surface area (Å²) in [6.45, 7) is 6.05. The summed E-state index contributed by atoms with van der Waals surface area (Å²) < 4.78 is 11.1. The van der Waals surface area contributed by atoms with Crippen molar-refractivity contribution in [3.63, 3.8) is 0 Å². The van der Waals surface area contributed by atoms with E-state index in [0.29, 0.717) is 0 Å². The molecule has 1 aromatic heterocycles. The minimum absolute atomic E-state index is 0.728. The van der Waals surface area contributed by atoms with Crippen LogP contribution in [0.15, 0.2) is 34.9 Å². The van der Waals surface area contributed by atoms with Crippen LogP contribution in [0.2, 0.25) is 0 Å². The van der Waals surface area contributed by atoms with E-state index >= 15 is 0 Å². The van der Waals surface area contributed by atoms with Gasteiger partial charge in [-0.2, -0.15) is 0 Å². The van der Waals surface area contributed by atoms with Crippen LogP contribution in [-0.2, 0) is 0 Å². The number of nitrogens with zero attached hydrogens (tertiary/aromatic N) is 2. The van der Waals surface area contributed by atoms with Crippen LogP contribution in [0.25, 0.3) is 12.2 Å². The van der Waals surface area contributed by atoms with Gasteiger partial charge in [0.1, 0.15) is 12.4 Å². The third kappa shape index (κ3) is 3.98. The lowest BCUT2D eigenvalue weighted by molar-refractivity contribution is 0.237. The Balaban J connectivity index is 1.60. The third-order valence-electron chi connectivity index (χ3n) is 3.86. The van der Waals surface area contributed by atoms with E-state index in [-0.39, 0.29) is 0 Å². The number of benzene rings is 1. The molecule has 2 heterocycles. The molecule has 1 aliphatic heterocycles. The SMILES string of the molecule is Cc1cc(/C=C/c2ccccc2OCCN2CCCC2)on1. The molecule has 3 rings (SSSR count). The number of para-hydroxylation sites is 1. The second-order valence-electron chi connectivity index (χ2n) is 5.64. The van der Waals surface area contributed by atoms with Gasteiger partial charge in [-0.1, -0.05) is 23.4 Å². The van der Waals surface area contributed by atoms with Gasteiger partial charge < -0.3 is 9.26 Å². The highest BCUT2D eigenvalue weighted by Crippen LogP contribution is 2.21. The lowest BCUT2D eigenvalue weighted by atomic mass is 10.2. The fraction of sp³-hybridized carbons (Fsp3) is 0.389. The Morgan fingerprint density at radius 1 is 1.23 bits per heavy atom. The summed E-state index contributed by atoms with van der Waals surface area (Å²) in [5.41, 5.74) is 1.94. The van der Waals surface area contributed by atoms with Gasteiger partial charge in [-0.3, -0.25) is 4.90 Å². The zero-order chi connectivity index (χ0) is 15.2. The molecule has 0 saturated carbocycles. The number of ether oxygens (including phenoxy) is 1. The average molecular weight is 298 g/mol. The molecule has 0 aliphatic carbocycles. The van der Waals surface area contributed by atoms with E-state index in [1.807, 2.05) is 49.4 Å². The smallest absolute Gasteiger partial charge is 0.159 e. The molecular weight excluding hydrogens is 276 g/mol. The van der Waals surface area contributed by atoms with E-state index in [2.05, 4.69) is 10.1 Å². The van der Waals surface area contributed by atoms with E-state index < -0.39 is 0 Å². The van der Waals surface area contributed by atoms with E-state index in [0.717, 1.165) is 35.9 Å². The lowest BCUT2D eigenvalue weighted by Gasteiger charge is -2.15. The van der Waals surface area contributed by atoms with Crippen molar-refractivity contribution in [2.45, 2.75) is 19.8 Å². The normalized spacial score (nSPS) is 15.7. The van der Waals surface area contributed by atoms with Crippen LogP contribution < -0.4 is 4.74 Å². The summed E-state index contributed by atoms with van der Waals surface area (Å²) in [5, 5.41) is 3.88. The molecule has 0 bridgehead atoms. The number of likely N-dealkylation sites (tertiary alicyclic amines) is 1. The Kier molecular flexibility index (Phi) is 4.91. The molecule has 1 aromatic carbocycles. The van der Waals surface area contributed by atoms with Gasteiger partial charge in [0, 0.05) is 18.2 Å². The van der Waals surface area contributed by atoms with Gasteiger partial charge in [0.15, 0.2) is 5.76 Å². The molecule has 1 aliphatic rings. The quantitative estimate of drug-likeness (QED) is 0.816. The highest BCUT2D eigenvalue weighted by molar-refractivity contribution is 5.70. The van der Waals surface area contributed by atoms with Crippen molar-refractivity contribution < 1.29 is 9.26 Å². The first-order valence-corrected chi connectivity index (χ1v) is 7.87. The van der Waals surface area contributed by atoms with Gasteiger partial charge in [-0.15, -0.1) is 0 Å². The second-order valence-corrected chi connectivity index (χ2v) is 5.64. The maximum Gasteiger partial charge on any atom is 0.159 e. The Labute approximate surface area is 131 Å². The molecule has 4 nitrogen and oxygen atoms in total. The molecule has 2 aromatic rings. The summed E-state index contributed by atoms with van der Waals surface area (Å²) in [7, 11) is 0. The van der Waals surface area contributed by atoms with Crippen molar-refractivity contribution in [3.05, 3.63) is 47.3 Å². The predicted octanol–water partition coefficient (Wildman–Crippen LogP) is 3.63. The number of hydrogen-bond donors (Lipinski definition) is 0. The fourth-order valence-corrected chi connectivity index (χ4v) is 2.67. The van der Waals surface area contributed by atoms with Gasteiger partial charge in [-0.25, -0.2) is 0 Å². The lowest BCUT2D eigenvalue weighted by Crippen LogP contribution is -2.25. The number of rotatable bonds is 6. The van der Waals surface area contributed by atoms with Crippen molar-refractivity contribution in [1.82, 2.24) is 10.1 Å². The van der Waals surface area contributed by atoms with Crippen molar-refractivity contribution in [2.75, 3.05) is 26.2 Å². The highest BCUT2D eigenvalue weighted by Gasteiger charge is 2.11. The molecule has 116 valence electrons. The van der Waals surface area contributed by atoms with Crippen LogP contribution >= 0.6 is 0 Å². The molecule has 0 spiro atoms. The van der Waals surface area contributed by atoms with Crippen LogP contribution in [0, 0.1) is 6.92 Å². The molecular formula is C18H22N2O2. The molecule has 1 fully saturated rings. The van der Waals surface area contributed by atoms with E-state index in [1.54, 1.807) is 0 Å². The summed E-state index contributed by atoms with van der Waals surface area (Å²) in [4.78, 5) is 2.45. The maximum atomic E-state index is 5.95. The van der Waals surface area contributed by atoms with Crippen molar-refractivity contribution in [3.8, 4) is 5.75 Å². The number of aromatic nitrogens is 1. The van der Waals surface area contributed by atoms with E-state index in [4.69, 9.17) is 9.26 Å². The van der Waals surface area contributed by atoms with Crippen LogP contribution in [0.3, 0.4) is 0 Å². The highest BCUT2D eigenvalue weighted by atomic mass is 16.5. The molecule has 0 atom stereocenters. The molecule has 0 amide bonds. The first kappa shape index (κ1) is 14.9. The average Bonchev–Trinajstić information content (AvgIpc) is 3.18. The molecule has 0 radical (unpaired) electrons. The van der Waals surface area contributed by atoms with Gasteiger partial charge in [0.05, 0.1) is 5.69 Å². The molecule has 0 N–H and O–H groups in total. The first-order chi connectivity index (χ1) is 10.8. The van der Waals surface area contributed by atoms with Crippen molar-refractivity contribution in [2.24, 2.45) is 0 Å². The van der Waals surface area contributed by atoms with Crippen LogP contribution in [-0.4, -0.2) is 36.3 Å². The minimum Gasteiger partial charge on any atom is -0.492 e. The first-order valence-electron chi connectivity index (χ1n) is 7.87. The molecule has 0 unspecified atom stereocenters. The summed E-state index contributed by atoms with van der Waals surface area (Å²) in [6, 6.07) is 9.98. The topological polar surface area (TPSA) is 38.5 Å². The fourth-order valence-electron chi connectivity index (χ4n) is 2.67. The van der Waals surface area contributed by atoms with E-state index in [1.165, 1.54) is 25.9 Å². The zero-order valence-electron chi connectivity index (χ0n) is 13.0. The second kappa shape index (κ2) is 7.27. The van der Waals surface area contributed by atoms with Crippen molar-refractivity contribution >= 4 is 12.2 Å². The summed E-state index contributed by atoms with van der Waals surface area (Å²) in [5.74, 6) is 1.67. The largest absolute Gasteiger partial charge is 0.492 e. The predicted molar refractivity (Wildman–Crippen MR) is 87.8 cm³/mol. The molecule has 1 saturated heterocycles. The Morgan fingerprint density at radius 2 is 2.05 bits per heavy atom. The zero-order valence-corrected chi connectivity index (χ0v) is 13.0. The monoisotopic (exact) mass is 298 g/mol. The van der Waals surface area contributed by atoms with Gasteiger partial charge in [0.2, 0.25) is 0 Å². The molecule has 4 heteroatoms. The van der Waals surface area contributed by atoms with Crippen LogP contribution in [0.5, 0.6) is 5.75 Å². The Morgan fingerprint density at radius 3 is 2.82 bits per heavy atom. The van der Waals surface area contributed by atoms with Crippen LogP contribution in [0.1, 0.15) is 29.9 Å². The van der Waals surface area contributed by atoms with Crippen LogP contribution in [0.4, 0.5) is 0 Å². The van der Waals surface area contributed by atoms with Gasteiger partial charge in [0.25, 0.3) is 0 Å². The number of aryl methyl sites for hydroxylation is 1. The van der Waals surface area contributed by atoms with Gasteiger partial charge >= 0.3 is 0 Å². The van der Waals surface area contributed by atoms with Gasteiger partial charge in [-0.05, 0) is 51.1 Å². The Bertz CT molecular complexity index is 628. The Hall–Kier alpha value is -2.07. The summed E-state index contributed by atoms with van der Waals surface area (Å²) >= 11 is 0. The number of hydrogen-bond acceptors (Lipinski definition) is 4. The van der Waals surface area contributed by atoms with E-state index in [9.17, 15) is 0 Å². The minimum atomic E-state index is 0.728. The standard InChI is InChI=1S/C18H22N2O2/c1-15-14-17(22-19-15)9-8-16-6-2-3-7-18(16)21-13-12-20-10-4-5-11-20/h2-3,6-9,14H,4-5,10-13H2,1H3/b9-8+. The summed E-state index contributed by atoms with van der Waals surface area (Å²) in [6.07, 6.45) is 6.56. The van der Waals surface area contributed by atoms with Crippen molar-refractivity contribution in [1.29, 1.82) is 0 Å².